The summed E-state index contributed by atoms with van der Waals surface area (Å²) >= 11 is 0. The fraction of sp³-hybridized carbons (Fsp3) is 0.423. The van der Waals surface area contributed by atoms with E-state index in [0.29, 0.717) is 18.5 Å². The molecule has 1 aromatic heterocycles. The van der Waals surface area contributed by atoms with Gasteiger partial charge >= 0.3 is 0 Å². The van der Waals surface area contributed by atoms with Gasteiger partial charge in [-0.2, -0.15) is 0 Å². The number of rotatable bonds is 10. The van der Waals surface area contributed by atoms with Crippen LogP contribution in [0.25, 0.3) is 5.76 Å². The topological polar surface area (TPSA) is 87.0 Å². The first-order valence-electron chi connectivity index (χ1n) is 11.7. The van der Waals surface area contributed by atoms with Crippen LogP contribution in [0.5, 0.6) is 5.75 Å². The van der Waals surface area contributed by atoms with Gasteiger partial charge in [0.15, 0.2) is 11.6 Å². The first kappa shape index (κ1) is 25.4. The number of benzene rings is 1. The highest BCUT2D eigenvalue weighted by atomic mass is 19.1. The van der Waals surface area contributed by atoms with Crippen molar-refractivity contribution in [3.8, 4) is 5.75 Å². The predicted octanol–water partition coefficient (Wildman–Crippen LogP) is 1.55. The average Bonchev–Trinajstić information content (AvgIpc) is 3.08. The summed E-state index contributed by atoms with van der Waals surface area (Å²) in [5.41, 5.74) is 0.388. The van der Waals surface area contributed by atoms with Gasteiger partial charge in [-0.3, -0.25) is 14.6 Å². The predicted molar refractivity (Wildman–Crippen MR) is 124 cm³/mol. The van der Waals surface area contributed by atoms with Crippen LogP contribution in [0, 0.1) is 5.82 Å². The maximum absolute atomic E-state index is 14.6. The molecular formula is C26H32FN3O4. The number of pyridine rings is 1. The first-order valence-corrected chi connectivity index (χ1v) is 11.7. The second-order valence-corrected chi connectivity index (χ2v) is 8.63. The van der Waals surface area contributed by atoms with Crippen molar-refractivity contribution < 1.29 is 28.7 Å². The second-order valence-electron chi connectivity index (χ2n) is 8.63. The summed E-state index contributed by atoms with van der Waals surface area (Å²) in [5, 5.41) is 13.4. The van der Waals surface area contributed by atoms with Gasteiger partial charge in [-0.25, -0.2) is 4.39 Å². The van der Waals surface area contributed by atoms with Crippen molar-refractivity contribution in [2.75, 3.05) is 26.2 Å². The number of hydrogen-bond acceptors (Lipinski definition) is 5. The van der Waals surface area contributed by atoms with Gasteiger partial charge in [-0.05, 0) is 57.0 Å². The normalized spacial score (nSPS) is 17.7. The molecule has 0 radical (unpaired) electrons. The van der Waals surface area contributed by atoms with E-state index in [4.69, 9.17) is 4.74 Å². The van der Waals surface area contributed by atoms with Crippen LogP contribution in [0.3, 0.4) is 0 Å². The Morgan fingerprint density at radius 2 is 1.97 bits per heavy atom. The zero-order chi connectivity index (χ0) is 24.8. The van der Waals surface area contributed by atoms with E-state index in [1.807, 2.05) is 0 Å². The molecule has 2 heterocycles. The zero-order valence-corrected chi connectivity index (χ0v) is 20.1. The number of nitrogens with one attached hydrogen (secondary N) is 1. The molecular weight excluding hydrogens is 437 g/mol. The minimum absolute atomic E-state index is 0.00641. The fourth-order valence-electron chi connectivity index (χ4n) is 4.24. The Bertz CT molecular complexity index is 1050. The van der Waals surface area contributed by atoms with Crippen molar-refractivity contribution in [1.29, 1.82) is 0 Å². The Kier molecular flexibility index (Phi) is 8.39. The number of carbonyl (C=O) groups is 2. The highest BCUT2D eigenvalue weighted by Gasteiger charge is 2.44. The maximum atomic E-state index is 14.6. The van der Waals surface area contributed by atoms with Crippen LogP contribution in [0.4, 0.5) is 4.39 Å². The van der Waals surface area contributed by atoms with E-state index in [1.165, 1.54) is 21.9 Å². The summed E-state index contributed by atoms with van der Waals surface area (Å²) in [6.45, 7) is 10.8. The van der Waals surface area contributed by atoms with E-state index >= 15 is 0 Å². The van der Waals surface area contributed by atoms with Crippen molar-refractivity contribution >= 4 is 17.4 Å². The molecule has 1 atom stereocenters. The third kappa shape index (κ3) is 5.44. The van der Waals surface area contributed by atoms with Crippen LogP contribution >= 0.6 is 0 Å². The lowest BCUT2D eigenvalue weighted by atomic mass is 9.96. The highest BCUT2D eigenvalue weighted by molar-refractivity contribution is 6.46. The van der Waals surface area contributed by atoms with Crippen molar-refractivity contribution in [3.05, 3.63) is 65.2 Å². The Balaban J connectivity index is 2.00. The van der Waals surface area contributed by atoms with Gasteiger partial charge in [0.25, 0.3) is 5.91 Å². The molecule has 34 heavy (non-hydrogen) atoms. The van der Waals surface area contributed by atoms with E-state index < -0.39 is 29.3 Å². The number of hydrogen-bond donors (Lipinski definition) is 1. The average molecular weight is 470 g/mol. The number of likely N-dealkylation sites (tertiary alicyclic amines) is 1. The molecule has 1 aliphatic heterocycles. The molecule has 1 aliphatic rings. The van der Waals surface area contributed by atoms with Crippen LogP contribution in [-0.2, 0) is 9.59 Å². The molecule has 3 rings (SSSR count). The number of ether oxygens (including phenoxy) is 1. The van der Waals surface area contributed by atoms with Gasteiger partial charge in [0, 0.05) is 30.9 Å². The molecule has 0 bridgehead atoms. The van der Waals surface area contributed by atoms with Gasteiger partial charge < -0.3 is 19.6 Å². The van der Waals surface area contributed by atoms with Gasteiger partial charge in [0.2, 0.25) is 5.78 Å². The molecule has 182 valence electrons. The summed E-state index contributed by atoms with van der Waals surface area (Å²) in [5.74, 6) is -2.91. The van der Waals surface area contributed by atoms with E-state index in [1.54, 1.807) is 38.4 Å². The van der Waals surface area contributed by atoms with Gasteiger partial charge in [0.1, 0.15) is 0 Å². The molecule has 1 unspecified atom stereocenters. The van der Waals surface area contributed by atoms with E-state index in [2.05, 4.69) is 18.8 Å². The highest BCUT2D eigenvalue weighted by Crippen LogP contribution is 2.38. The molecule has 7 nitrogen and oxygen atoms in total. The van der Waals surface area contributed by atoms with E-state index in [-0.39, 0.29) is 23.0 Å². The van der Waals surface area contributed by atoms with E-state index in [9.17, 15) is 19.1 Å². The molecule has 0 spiro atoms. The molecule has 8 heteroatoms. The SMILES string of the molecule is CC[NH+](CC)CCCN1C(=O)C(=O)C(=C([O-])c2ccc(OC(C)C)c(F)c2)C1c1cccnc1. The van der Waals surface area contributed by atoms with E-state index in [0.717, 1.165) is 25.7 Å². The number of Topliss-reactive ketones (excluding diaryl/α,β-unsaturated/α-hetero) is 1. The number of halogens is 1. The number of aromatic nitrogens is 1. The molecule has 0 aliphatic carbocycles. The fourth-order valence-corrected chi connectivity index (χ4v) is 4.24. The Hall–Kier alpha value is -3.26. The maximum Gasteiger partial charge on any atom is 0.295 e. The Morgan fingerprint density at radius 3 is 2.56 bits per heavy atom. The van der Waals surface area contributed by atoms with Crippen molar-refractivity contribution in [3.63, 3.8) is 0 Å². The van der Waals surface area contributed by atoms with Crippen LogP contribution < -0.4 is 14.7 Å². The third-order valence-electron chi connectivity index (χ3n) is 6.02. The molecule has 1 fully saturated rings. The summed E-state index contributed by atoms with van der Waals surface area (Å²) in [6.07, 6.45) is 3.58. The standard InChI is InChI=1S/C26H32FN3O4/c1-5-29(6-2)13-8-14-30-23(19-9-7-12-28-16-19)22(25(32)26(30)33)24(31)18-10-11-21(20(27)15-18)34-17(3)4/h7,9-12,15-17,23,31H,5-6,8,13-14H2,1-4H3. The molecule has 0 saturated carbocycles. The van der Waals surface area contributed by atoms with Crippen molar-refractivity contribution in [1.82, 2.24) is 9.88 Å². The van der Waals surface area contributed by atoms with Crippen LogP contribution in [0.2, 0.25) is 0 Å². The second kappa shape index (κ2) is 11.2. The summed E-state index contributed by atoms with van der Waals surface area (Å²) < 4.78 is 20.0. The van der Waals surface area contributed by atoms with Gasteiger partial charge in [-0.1, -0.05) is 17.9 Å². The number of nitrogens with zero attached hydrogens (tertiary/aromatic N) is 2. The minimum atomic E-state index is -0.859. The Morgan fingerprint density at radius 1 is 1.24 bits per heavy atom. The molecule has 1 saturated heterocycles. The quantitative estimate of drug-likeness (QED) is 0.324. The molecule has 2 aromatic rings. The zero-order valence-electron chi connectivity index (χ0n) is 20.1. The number of amides is 1. The summed E-state index contributed by atoms with van der Waals surface area (Å²) in [7, 11) is 0. The van der Waals surface area contributed by atoms with Gasteiger partial charge in [0.05, 0.1) is 31.8 Å². The van der Waals surface area contributed by atoms with Crippen LogP contribution in [0.1, 0.15) is 51.3 Å². The lowest BCUT2D eigenvalue weighted by Crippen LogP contribution is -3.11. The molecule has 1 aromatic carbocycles. The monoisotopic (exact) mass is 469 g/mol. The number of quaternary nitrogens is 1. The summed E-state index contributed by atoms with van der Waals surface area (Å²) in [6, 6.07) is 6.41. The van der Waals surface area contributed by atoms with Crippen molar-refractivity contribution in [2.24, 2.45) is 0 Å². The lowest BCUT2D eigenvalue weighted by molar-refractivity contribution is -0.896. The van der Waals surface area contributed by atoms with Crippen molar-refractivity contribution in [2.45, 2.75) is 46.3 Å². The van der Waals surface area contributed by atoms with Crippen LogP contribution in [-0.4, -0.2) is 53.9 Å². The first-order chi connectivity index (χ1) is 16.3. The lowest BCUT2D eigenvalue weighted by Gasteiger charge is -2.27. The minimum Gasteiger partial charge on any atom is -0.872 e. The Labute approximate surface area is 199 Å². The molecule has 1 amide bonds. The van der Waals surface area contributed by atoms with Crippen LogP contribution in [0.15, 0.2) is 48.3 Å². The molecule has 1 N–H and O–H groups in total. The smallest absolute Gasteiger partial charge is 0.295 e. The third-order valence-corrected chi connectivity index (χ3v) is 6.02. The van der Waals surface area contributed by atoms with Gasteiger partial charge in [-0.15, -0.1) is 0 Å². The largest absolute Gasteiger partial charge is 0.872 e. The summed E-state index contributed by atoms with van der Waals surface area (Å²) in [4.78, 5) is 32.9. The number of carbonyl (C=O) groups excluding carboxylic acids is 2. The number of ketones is 1.